The van der Waals surface area contributed by atoms with Crippen molar-refractivity contribution in [1.29, 1.82) is 0 Å². The zero-order valence-corrected chi connectivity index (χ0v) is 8.12. The summed E-state index contributed by atoms with van der Waals surface area (Å²) in [7, 11) is 0. The number of hydrogen-bond donors (Lipinski definition) is 2. The maximum atomic E-state index is 5.65. The molecule has 1 aromatic heterocycles. The summed E-state index contributed by atoms with van der Waals surface area (Å²) < 4.78 is 0. The Bertz CT molecular complexity index is 243. The highest BCUT2D eigenvalue weighted by Gasteiger charge is 2.19. The van der Waals surface area contributed by atoms with Gasteiger partial charge in [0.25, 0.3) is 0 Å². The first kappa shape index (κ1) is 9.92. The summed E-state index contributed by atoms with van der Waals surface area (Å²) in [6.45, 7) is 4.75. The lowest BCUT2D eigenvalue weighted by Crippen LogP contribution is -2.42. The van der Waals surface area contributed by atoms with Crippen LogP contribution in [0.1, 0.15) is 20.3 Å². The largest absolute Gasteiger partial charge is 0.362 e. The Labute approximate surface area is 78.6 Å². The standard InChI is InChI=1S/C9H16N4/c1-3-9(2,7-10)12-8-5-4-6-11-13-8/h4-6H,3,7,10H2,1-2H3,(H,12,13). The molecule has 0 bridgehead atoms. The van der Waals surface area contributed by atoms with Crippen LogP contribution in [-0.4, -0.2) is 22.3 Å². The Morgan fingerprint density at radius 2 is 2.38 bits per heavy atom. The van der Waals surface area contributed by atoms with Gasteiger partial charge in [-0.2, -0.15) is 5.10 Å². The molecule has 0 saturated carbocycles. The van der Waals surface area contributed by atoms with Crippen LogP contribution in [0.4, 0.5) is 5.82 Å². The third-order valence-electron chi connectivity index (χ3n) is 2.23. The van der Waals surface area contributed by atoms with Crippen molar-refractivity contribution in [1.82, 2.24) is 10.2 Å². The number of nitrogens with one attached hydrogen (secondary N) is 1. The Balaban J connectivity index is 2.68. The van der Waals surface area contributed by atoms with Crippen LogP contribution in [0.25, 0.3) is 0 Å². The van der Waals surface area contributed by atoms with Gasteiger partial charge in [0, 0.05) is 18.3 Å². The molecule has 0 radical (unpaired) electrons. The topological polar surface area (TPSA) is 63.8 Å². The van der Waals surface area contributed by atoms with Gasteiger partial charge in [0.05, 0.1) is 0 Å². The Kier molecular flexibility index (Phi) is 3.19. The maximum Gasteiger partial charge on any atom is 0.149 e. The van der Waals surface area contributed by atoms with E-state index in [2.05, 4.69) is 29.4 Å². The molecule has 0 aliphatic rings. The van der Waals surface area contributed by atoms with E-state index in [0.29, 0.717) is 6.54 Å². The van der Waals surface area contributed by atoms with E-state index in [4.69, 9.17) is 5.73 Å². The van der Waals surface area contributed by atoms with Crippen LogP contribution in [0.3, 0.4) is 0 Å². The van der Waals surface area contributed by atoms with Crippen molar-refractivity contribution in [3.63, 3.8) is 0 Å². The van der Waals surface area contributed by atoms with E-state index >= 15 is 0 Å². The fourth-order valence-corrected chi connectivity index (χ4v) is 0.961. The number of hydrogen-bond acceptors (Lipinski definition) is 4. The summed E-state index contributed by atoms with van der Waals surface area (Å²) in [4.78, 5) is 0. The van der Waals surface area contributed by atoms with E-state index in [1.165, 1.54) is 0 Å². The van der Waals surface area contributed by atoms with Crippen molar-refractivity contribution in [2.75, 3.05) is 11.9 Å². The molecule has 0 saturated heterocycles. The van der Waals surface area contributed by atoms with Gasteiger partial charge in [-0.3, -0.25) is 0 Å². The zero-order valence-electron chi connectivity index (χ0n) is 8.12. The smallest absolute Gasteiger partial charge is 0.149 e. The summed E-state index contributed by atoms with van der Waals surface area (Å²) in [5.41, 5.74) is 5.57. The molecule has 3 N–H and O–H groups in total. The first-order valence-electron chi connectivity index (χ1n) is 4.46. The molecule has 1 unspecified atom stereocenters. The fraction of sp³-hybridized carbons (Fsp3) is 0.556. The summed E-state index contributed by atoms with van der Waals surface area (Å²) in [6.07, 6.45) is 2.61. The lowest BCUT2D eigenvalue weighted by molar-refractivity contribution is 0.503. The summed E-state index contributed by atoms with van der Waals surface area (Å²) in [5, 5.41) is 11.0. The highest BCUT2D eigenvalue weighted by atomic mass is 15.2. The summed E-state index contributed by atoms with van der Waals surface area (Å²) in [5.74, 6) is 0.775. The van der Waals surface area contributed by atoms with Gasteiger partial charge in [-0.15, -0.1) is 5.10 Å². The van der Waals surface area contributed by atoms with E-state index in [1.54, 1.807) is 6.20 Å². The lowest BCUT2D eigenvalue weighted by atomic mass is 9.99. The quantitative estimate of drug-likeness (QED) is 0.726. The number of aromatic nitrogens is 2. The minimum atomic E-state index is -0.0873. The summed E-state index contributed by atoms with van der Waals surface area (Å²) in [6, 6.07) is 3.73. The number of rotatable bonds is 4. The highest BCUT2D eigenvalue weighted by molar-refractivity contribution is 5.35. The molecule has 1 aromatic rings. The van der Waals surface area contributed by atoms with E-state index in [9.17, 15) is 0 Å². The average molecular weight is 180 g/mol. The van der Waals surface area contributed by atoms with Crippen LogP contribution in [0.5, 0.6) is 0 Å². The van der Waals surface area contributed by atoms with Crippen LogP contribution in [-0.2, 0) is 0 Å². The minimum Gasteiger partial charge on any atom is -0.362 e. The van der Waals surface area contributed by atoms with Crippen LogP contribution in [0.15, 0.2) is 18.3 Å². The van der Waals surface area contributed by atoms with Gasteiger partial charge in [0.1, 0.15) is 5.82 Å². The molecule has 1 heterocycles. The molecule has 0 spiro atoms. The number of nitrogens with two attached hydrogens (primary N) is 1. The minimum absolute atomic E-state index is 0.0873. The molecule has 0 aliphatic heterocycles. The van der Waals surface area contributed by atoms with Gasteiger partial charge >= 0.3 is 0 Å². The Morgan fingerprint density at radius 3 is 2.85 bits per heavy atom. The second-order valence-electron chi connectivity index (χ2n) is 3.35. The first-order valence-corrected chi connectivity index (χ1v) is 4.46. The van der Waals surface area contributed by atoms with Gasteiger partial charge in [-0.1, -0.05) is 6.92 Å². The molecule has 4 heteroatoms. The van der Waals surface area contributed by atoms with Crippen molar-refractivity contribution < 1.29 is 0 Å². The third-order valence-corrected chi connectivity index (χ3v) is 2.23. The van der Waals surface area contributed by atoms with Gasteiger partial charge in [-0.25, -0.2) is 0 Å². The van der Waals surface area contributed by atoms with Gasteiger partial charge in [0.15, 0.2) is 0 Å². The molecule has 0 amide bonds. The molecule has 72 valence electrons. The predicted molar refractivity (Wildman–Crippen MR) is 53.4 cm³/mol. The van der Waals surface area contributed by atoms with E-state index in [0.717, 1.165) is 12.2 Å². The van der Waals surface area contributed by atoms with Crippen LogP contribution >= 0.6 is 0 Å². The van der Waals surface area contributed by atoms with Crippen molar-refractivity contribution in [3.05, 3.63) is 18.3 Å². The third kappa shape index (κ3) is 2.66. The van der Waals surface area contributed by atoms with Crippen molar-refractivity contribution in [3.8, 4) is 0 Å². The van der Waals surface area contributed by atoms with Gasteiger partial charge in [-0.05, 0) is 25.5 Å². The lowest BCUT2D eigenvalue weighted by Gasteiger charge is -2.28. The van der Waals surface area contributed by atoms with Crippen LogP contribution < -0.4 is 11.1 Å². The molecule has 1 rings (SSSR count). The monoisotopic (exact) mass is 180 g/mol. The van der Waals surface area contributed by atoms with E-state index < -0.39 is 0 Å². The number of anilines is 1. The molecule has 0 aliphatic carbocycles. The van der Waals surface area contributed by atoms with Crippen molar-refractivity contribution in [2.45, 2.75) is 25.8 Å². The zero-order chi connectivity index (χ0) is 9.73. The second kappa shape index (κ2) is 4.18. The average Bonchev–Trinajstić information content (AvgIpc) is 2.19. The summed E-state index contributed by atoms with van der Waals surface area (Å²) >= 11 is 0. The Hall–Kier alpha value is -1.16. The molecule has 0 aromatic carbocycles. The molecular weight excluding hydrogens is 164 g/mol. The Morgan fingerprint density at radius 1 is 1.62 bits per heavy atom. The fourth-order valence-electron chi connectivity index (χ4n) is 0.961. The first-order chi connectivity index (χ1) is 6.20. The second-order valence-corrected chi connectivity index (χ2v) is 3.35. The van der Waals surface area contributed by atoms with Crippen LogP contribution in [0.2, 0.25) is 0 Å². The van der Waals surface area contributed by atoms with Gasteiger partial charge < -0.3 is 11.1 Å². The van der Waals surface area contributed by atoms with Crippen molar-refractivity contribution in [2.24, 2.45) is 5.73 Å². The molecule has 0 fully saturated rings. The molecular formula is C9H16N4. The van der Waals surface area contributed by atoms with E-state index in [1.807, 2.05) is 12.1 Å². The number of nitrogens with zero attached hydrogens (tertiary/aromatic N) is 2. The SMILES string of the molecule is CCC(C)(CN)Nc1cccnn1. The normalized spacial score (nSPS) is 15.0. The van der Waals surface area contributed by atoms with Crippen LogP contribution in [0, 0.1) is 0 Å². The molecule has 4 nitrogen and oxygen atoms in total. The van der Waals surface area contributed by atoms with Crippen molar-refractivity contribution >= 4 is 5.82 Å². The highest BCUT2D eigenvalue weighted by Crippen LogP contribution is 2.13. The van der Waals surface area contributed by atoms with E-state index in [-0.39, 0.29) is 5.54 Å². The molecule has 1 atom stereocenters. The molecule has 13 heavy (non-hydrogen) atoms. The van der Waals surface area contributed by atoms with Gasteiger partial charge in [0.2, 0.25) is 0 Å². The predicted octanol–water partition coefficient (Wildman–Crippen LogP) is 1.02. The maximum absolute atomic E-state index is 5.65.